The van der Waals surface area contributed by atoms with Gasteiger partial charge in [-0.15, -0.1) is 0 Å². The number of rotatable bonds is 6. The number of hydrogen-bond donors (Lipinski definition) is 3. The molecule has 0 bridgehead atoms. The molecular formula is C18H20N6S. The predicted molar refractivity (Wildman–Crippen MR) is 106 cm³/mol. The predicted octanol–water partition coefficient (Wildman–Crippen LogP) is 3.80. The van der Waals surface area contributed by atoms with Crippen molar-refractivity contribution in [1.29, 1.82) is 0 Å². The Morgan fingerprint density at radius 1 is 1.08 bits per heavy atom. The fourth-order valence-electron chi connectivity index (χ4n) is 2.31. The molecule has 0 saturated carbocycles. The molecule has 0 saturated heterocycles. The summed E-state index contributed by atoms with van der Waals surface area (Å²) in [6.07, 6.45) is 1.74. The van der Waals surface area contributed by atoms with Gasteiger partial charge < -0.3 is 16.0 Å². The first kappa shape index (κ1) is 17.1. The Bertz CT molecular complexity index is 837. The van der Waals surface area contributed by atoms with Crippen molar-refractivity contribution >= 4 is 40.8 Å². The molecule has 128 valence electrons. The summed E-state index contributed by atoms with van der Waals surface area (Å²) in [5.41, 5.74) is 8.43. The first-order valence-corrected chi connectivity index (χ1v) is 8.60. The van der Waals surface area contributed by atoms with E-state index in [0.29, 0.717) is 5.95 Å². The smallest absolute Gasteiger partial charge is 0.229 e. The Kier molecular flexibility index (Phi) is 5.37. The van der Waals surface area contributed by atoms with Gasteiger partial charge in [-0.3, -0.25) is 4.72 Å². The Morgan fingerprint density at radius 3 is 2.64 bits per heavy atom. The molecule has 0 radical (unpaired) electrons. The minimum Gasteiger partial charge on any atom is -0.399 e. The van der Waals surface area contributed by atoms with Crippen molar-refractivity contribution in [2.45, 2.75) is 4.90 Å². The molecule has 0 aliphatic carbocycles. The standard InChI is InChI=1S/C18H20N6S/c1-20-25-16-5-3-4-14(12-16)22-18-21-11-10-17(23-18)24(2)15-8-6-13(19)7-9-15/h3-12,20H,19H2,1-2H3,(H,21,22,23). The third kappa shape index (κ3) is 4.40. The van der Waals surface area contributed by atoms with Gasteiger partial charge in [-0.25, -0.2) is 4.98 Å². The van der Waals surface area contributed by atoms with Gasteiger partial charge in [0, 0.05) is 35.2 Å². The zero-order valence-corrected chi connectivity index (χ0v) is 14.9. The van der Waals surface area contributed by atoms with Crippen molar-refractivity contribution in [3.05, 3.63) is 60.8 Å². The van der Waals surface area contributed by atoms with E-state index >= 15 is 0 Å². The highest BCUT2D eigenvalue weighted by atomic mass is 32.2. The number of hydrogen-bond acceptors (Lipinski definition) is 7. The molecular weight excluding hydrogens is 332 g/mol. The number of anilines is 5. The van der Waals surface area contributed by atoms with Crippen LogP contribution in [0.15, 0.2) is 65.7 Å². The molecule has 0 spiro atoms. The maximum absolute atomic E-state index is 5.75. The number of benzene rings is 2. The van der Waals surface area contributed by atoms with Crippen LogP contribution in [0.3, 0.4) is 0 Å². The molecule has 1 heterocycles. The summed E-state index contributed by atoms with van der Waals surface area (Å²) >= 11 is 1.56. The summed E-state index contributed by atoms with van der Waals surface area (Å²) in [5.74, 6) is 1.34. The summed E-state index contributed by atoms with van der Waals surface area (Å²) in [6, 6.07) is 17.6. The molecule has 6 nitrogen and oxygen atoms in total. The van der Waals surface area contributed by atoms with E-state index in [4.69, 9.17) is 5.73 Å². The SMILES string of the molecule is CNSc1cccc(Nc2nccc(N(C)c3ccc(N)cc3)n2)c1. The number of nitrogens with two attached hydrogens (primary N) is 1. The van der Waals surface area contributed by atoms with Gasteiger partial charge in [-0.1, -0.05) is 6.07 Å². The molecule has 25 heavy (non-hydrogen) atoms. The summed E-state index contributed by atoms with van der Waals surface area (Å²) in [6.45, 7) is 0. The van der Waals surface area contributed by atoms with Gasteiger partial charge in [0.1, 0.15) is 5.82 Å². The highest BCUT2D eigenvalue weighted by molar-refractivity contribution is 7.97. The van der Waals surface area contributed by atoms with E-state index in [1.54, 1.807) is 18.1 Å². The van der Waals surface area contributed by atoms with Gasteiger partial charge in [0.2, 0.25) is 5.95 Å². The lowest BCUT2D eigenvalue weighted by Crippen LogP contribution is -2.12. The van der Waals surface area contributed by atoms with E-state index in [1.165, 1.54) is 0 Å². The van der Waals surface area contributed by atoms with Crippen LogP contribution in [-0.2, 0) is 0 Å². The van der Waals surface area contributed by atoms with Crippen LogP contribution in [0.25, 0.3) is 0 Å². The lowest BCUT2D eigenvalue weighted by Gasteiger charge is -2.19. The van der Waals surface area contributed by atoms with Crippen molar-refractivity contribution in [1.82, 2.24) is 14.7 Å². The van der Waals surface area contributed by atoms with Crippen LogP contribution in [-0.4, -0.2) is 24.1 Å². The monoisotopic (exact) mass is 352 g/mol. The van der Waals surface area contributed by atoms with Crippen LogP contribution < -0.4 is 20.7 Å². The minimum absolute atomic E-state index is 0.548. The van der Waals surface area contributed by atoms with Gasteiger partial charge >= 0.3 is 0 Å². The van der Waals surface area contributed by atoms with E-state index in [2.05, 4.69) is 20.0 Å². The van der Waals surface area contributed by atoms with Crippen LogP contribution in [0.5, 0.6) is 0 Å². The molecule has 1 aromatic heterocycles. The largest absolute Gasteiger partial charge is 0.399 e. The van der Waals surface area contributed by atoms with E-state index in [1.807, 2.05) is 73.6 Å². The third-order valence-corrected chi connectivity index (χ3v) is 4.27. The second-order valence-electron chi connectivity index (χ2n) is 5.35. The number of nitrogen functional groups attached to an aromatic ring is 1. The Labute approximate surface area is 151 Å². The van der Waals surface area contributed by atoms with Crippen LogP contribution >= 0.6 is 11.9 Å². The zero-order valence-electron chi connectivity index (χ0n) is 14.1. The lowest BCUT2D eigenvalue weighted by molar-refractivity contribution is 1.08. The van der Waals surface area contributed by atoms with Crippen molar-refractivity contribution in [3.8, 4) is 0 Å². The fourth-order valence-corrected chi connectivity index (χ4v) is 2.88. The fraction of sp³-hybridized carbons (Fsp3) is 0.111. The van der Waals surface area contributed by atoms with Crippen molar-refractivity contribution in [2.75, 3.05) is 30.0 Å². The average molecular weight is 352 g/mol. The van der Waals surface area contributed by atoms with Crippen LogP contribution in [0.4, 0.5) is 28.8 Å². The lowest BCUT2D eigenvalue weighted by atomic mass is 10.2. The molecule has 0 atom stereocenters. The van der Waals surface area contributed by atoms with Gasteiger partial charge in [-0.05, 0) is 67.5 Å². The molecule has 0 amide bonds. The van der Waals surface area contributed by atoms with Crippen molar-refractivity contribution in [2.24, 2.45) is 0 Å². The second-order valence-corrected chi connectivity index (χ2v) is 6.43. The van der Waals surface area contributed by atoms with Gasteiger partial charge in [-0.2, -0.15) is 4.98 Å². The second kappa shape index (κ2) is 7.87. The maximum atomic E-state index is 5.75. The number of aromatic nitrogens is 2. The van der Waals surface area contributed by atoms with E-state index in [9.17, 15) is 0 Å². The summed E-state index contributed by atoms with van der Waals surface area (Å²) in [5, 5.41) is 3.25. The third-order valence-electron chi connectivity index (χ3n) is 3.58. The van der Waals surface area contributed by atoms with Crippen LogP contribution in [0, 0.1) is 0 Å². The molecule has 4 N–H and O–H groups in total. The van der Waals surface area contributed by atoms with Gasteiger partial charge in [0.25, 0.3) is 0 Å². The van der Waals surface area contributed by atoms with Crippen LogP contribution in [0.2, 0.25) is 0 Å². The Balaban J connectivity index is 1.79. The number of nitrogens with one attached hydrogen (secondary N) is 2. The molecule has 7 heteroatoms. The first-order valence-electron chi connectivity index (χ1n) is 7.79. The molecule has 0 aliphatic heterocycles. The molecule has 0 aliphatic rings. The van der Waals surface area contributed by atoms with Gasteiger partial charge in [0.15, 0.2) is 0 Å². The molecule has 0 fully saturated rings. The molecule has 3 aromatic rings. The minimum atomic E-state index is 0.548. The number of nitrogens with zero attached hydrogens (tertiary/aromatic N) is 3. The van der Waals surface area contributed by atoms with E-state index < -0.39 is 0 Å². The molecule has 0 unspecified atom stereocenters. The summed E-state index contributed by atoms with van der Waals surface area (Å²) in [4.78, 5) is 12.0. The molecule has 3 rings (SSSR count). The zero-order chi connectivity index (χ0) is 17.6. The Morgan fingerprint density at radius 2 is 1.88 bits per heavy atom. The first-order chi connectivity index (χ1) is 12.2. The summed E-state index contributed by atoms with van der Waals surface area (Å²) < 4.78 is 3.06. The summed E-state index contributed by atoms with van der Waals surface area (Å²) in [7, 11) is 3.85. The normalized spacial score (nSPS) is 10.5. The highest BCUT2D eigenvalue weighted by Gasteiger charge is 2.07. The maximum Gasteiger partial charge on any atom is 0.229 e. The highest BCUT2D eigenvalue weighted by Crippen LogP contribution is 2.25. The van der Waals surface area contributed by atoms with E-state index in [-0.39, 0.29) is 0 Å². The molecule has 2 aromatic carbocycles. The van der Waals surface area contributed by atoms with Crippen LogP contribution in [0.1, 0.15) is 0 Å². The average Bonchev–Trinajstić information content (AvgIpc) is 2.63. The quantitative estimate of drug-likeness (QED) is 0.460. The topological polar surface area (TPSA) is 79.1 Å². The Hall–Kier alpha value is -2.77. The van der Waals surface area contributed by atoms with Gasteiger partial charge in [0.05, 0.1) is 0 Å². The van der Waals surface area contributed by atoms with Crippen molar-refractivity contribution < 1.29 is 0 Å². The van der Waals surface area contributed by atoms with E-state index in [0.717, 1.165) is 27.8 Å². The van der Waals surface area contributed by atoms with Crippen molar-refractivity contribution in [3.63, 3.8) is 0 Å².